The molecule has 0 aromatic rings. The van der Waals surface area contributed by atoms with Crippen molar-refractivity contribution in [2.45, 2.75) is 51.0 Å². The highest BCUT2D eigenvalue weighted by Crippen LogP contribution is 2.27. The molecule has 1 aliphatic carbocycles. The first kappa shape index (κ1) is 10.9. The summed E-state index contributed by atoms with van der Waals surface area (Å²) >= 11 is 0. The molecule has 1 atom stereocenters. The molecule has 2 rings (SSSR count). The van der Waals surface area contributed by atoms with E-state index in [-0.39, 0.29) is 5.91 Å². The summed E-state index contributed by atoms with van der Waals surface area (Å²) in [4.78, 5) is 11.5. The average molecular weight is 210 g/mol. The first-order valence-electron chi connectivity index (χ1n) is 6.34. The quantitative estimate of drug-likeness (QED) is 0.721. The van der Waals surface area contributed by atoms with Crippen molar-refractivity contribution in [3.63, 3.8) is 0 Å². The highest BCUT2D eigenvalue weighted by molar-refractivity contribution is 5.75. The van der Waals surface area contributed by atoms with E-state index in [0.29, 0.717) is 12.5 Å². The topological polar surface area (TPSA) is 41.1 Å². The van der Waals surface area contributed by atoms with Crippen molar-refractivity contribution in [3.05, 3.63) is 0 Å². The maximum absolute atomic E-state index is 11.5. The number of carbonyl (C=O) groups is 1. The van der Waals surface area contributed by atoms with Gasteiger partial charge in [0.2, 0.25) is 5.91 Å². The van der Waals surface area contributed by atoms with Crippen molar-refractivity contribution in [1.82, 2.24) is 10.6 Å². The second-order valence-corrected chi connectivity index (χ2v) is 4.93. The summed E-state index contributed by atoms with van der Waals surface area (Å²) in [5.74, 6) is 1.04. The molecule has 1 amide bonds. The standard InChI is InChI=1S/C12H22N2O/c15-12(14-9-10-4-5-10)7-6-11-3-1-2-8-13-11/h10-11,13H,1-9H2,(H,14,15). The van der Waals surface area contributed by atoms with E-state index in [4.69, 9.17) is 0 Å². The Balaban J connectivity index is 1.53. The van der Waals surface area contributed by atoms with Crippen LogP contribution >= 0.6 is 0 Å². The molecule has 0 aromatic heterocycles. The van der Waals surface area contributed by atoms with Gasteiger partial charge < -0.3 is 10.6 Å². The van der Waals surface area contributed by atoms with E-state index in [9.17, 15) is 4.79 Å². The van der Waals surface area contributed by atoms with Crippen molar-refractivity contribution >= 4 is 5.91 Å². The molecule has 0 aromatic carbocycles. The molecule has 1 heterocycles. The Morgan fingerprint density at radius 3 is 2.80 bits per heavy atom. The Hall–Kier alpha value is -0.570. The van der Waals surface area contributed by atoms with Crippen molar-refractivity contribution in [2.24, 2.45) is 5.92 Å². The van der Waals surface area contributed by atoms with Gasteiger partial charge in [0.15, 0.2) is 0 Å². The zero-order chi connectivity index (χ0) is 10.5. The van der Waals surface area contributed by atoms with Gasteiger partial charge in [0.1, 0.15) is 0 Å². The second-order valence-electron chi connectivity index (χ2n) is 4.93. The molecule has 0 spiro atoms. The third-order valence-corrected chi connectivity index (χ3v) is 3.42. The van der Waals surface area contributed by atoms with Crippen LogP contribution in [0.2, 0.25) is 0 Å². The molecule has 1 saturated carbocycles. The maximum atomic E-state index is 11.5. The average Bonchev–Trinajstić information content (AvgIpc) is 3.09. The summed E-state index contributed by atoms with van der Waals surface area (Å²) < 4.78 is 0. The zero-order valence-corrected chi connectivity index (χ0v) is 9.43. The van der Waals surface area contributed by atoms with Gasteiger partial charge >= 0.3 is 0 Å². The highest BCUT2D eigenvalue weighted by Gasteiger charge is 2.21. The molecule has 2 N–H and O–H groups in total. The van der Waals surface area contributed by atoms with Gasteiger partial charge in [0.25, 0.3) is 0 Å². The summed E-state index contributed by atoms with van der Waals surface area (Å²) in [5, 5.41) is 6.49. The lowest BCUT2D eigenvalue weighted by Gasteiger charge is -2.23. The van der Waals surface area contributed by atoms with E-state index in [0.717, 1.165) is 25.4 Å². The minimum absolute atomic E-state index is 0.245. The van der Waals surface area contributed by atoms with E-state index >= 15 is 0 Å². The Morgan fingerprint density at radius 1 is 1.27 bits per heavy atom. The maximum Gasteiger partial charge on any atom is 0.220 e. The molecule has 1 unspecified atom stereocenters. The number of rotatable bonds is 5. The van der Waals surface area contributed by atoms with E-state index in [1.54, 1.807) is 0 Å². The van der Waals surface area contributed by atoms with Crippen LogP contribution in [0, 0.1) is 5.92 Å². The van der Waals surface area contributed by atoms with Crippen molar-refractivity contribution in [2.75, 3.05) is 13.1 Å². The lowest BCUT2D eigenvalue weighted by Crippen LogP contribution is -2.35. The van der Waals surface area contributed by atoms with Crippen LogP contribution in [-0.2, 0) is 4.79 Å². The normalized spacial score (nSPS) is 26.3. The Bertz CT molecular complexity index is 208. The summed E-state index contributed by atoms with van der Waals surface area (Å²) in [5.41, 5.74) is 0. The zero-order valence-electron chi connectivity index (χ0n) is 9.43. The minimum atomic E-state index is 0.245. The van der Waals surface area contributed by atoms with Crippen LogP contribution < -0.4 is 10.6 Å². The van der Waals surface area contributed by atoms with Crippen LogP contribution in [0.25, 0.3) is 0 Å². The fourth-order valence-electron chi connectivity index (χ4n) is 2.14. The predicted octanol–water partition coefficient (Wildman–Crippen LogP) is 1.43. The molecule has 0 radical (unpaired) electrons. The van der Waals surface area contributed by atoms with Gasteiger partial charge in [-0.15, -0.1) is 0 Å². The van der Waals surface area contributed by atoms with Gasteiger partial charge in [-0.1, -0.05) is 6.42 Å². The van der Waals surface area contributed by atoms with Crippen LogP contribution in [-0.4, -0.2) is 25.0 Å². The van der Waals surface area contributed by atoms with Crippen molar-refractivity contribution in [3.8, 4) is 0 Å². The summed E-state index contributed by atoms with van der Waals surface area (Å²) in [6, 6.07) is 0.588. The van der Waals surface area contributed by atoms with E-state index < -0.39 is 0 Å². The number of nitrogens with one attached hydrogen (secondary N) is 2. The Morgan fingerprint density at radius 2 is 2.13 bits per heavy atom. The number of amides is 1. The van der Waals surface area contributed by atoms with Gasteiger partial charge in [-0.25, -0.2) is 0 Å². The fraction of sp³-hybridized carbons (Fsp3) is 0.917. The molecule has 1 aliphatic heterocycles. The molecule has 3 heteroatoms. The van der Waals surface area contributed by atoms with Crippen molar-refractivity contribution in [1.29, 1.82) is 0 Å². The van der Waals surface area contributed by atoms with Gasteiger partial charge in [0.05, 0.1) is 0 Å². The molecule has 0 bridgehead atoms. The molecule has 15 heavy (non-hydrogen) atoms. The van der Waals surface area contributed by atoms with Crippen molar-refractivity contribution < 1.29 is 4.79 Å². The van der Waals surface area contributed by atoms with E-state index in [1.165, 1.54) is 32.1 Å². The van der Waals surface area contributed by atoms with Gasteiger partial charge in [-0.3, -0.25) is 4.79 Å². The van der Waals surface area contributed by atoms with Crippen LogP contribution in [0.3, 0.4) is 0 Å². The molecular weight excluding hydrogens is 188 g/mol. The number of hydrogen-bond donors (Lipinski definition) is 2. The van der Waals surface area contributed by atoms with Gasteiger partial charge in [-0.05, 0) is 44.6 Å². The Labute approximate surface area is 92.0 Å². The van der Waals surface area contributed by atoms with E-state index in [2.05, 4.69) is 10.6 Å². The monoisotopic (exact) mass is 210 g/mol. The second kappa shape index (κ2) is 5.50. The first-order valence-corrected chi connectivity index (χ1v) is 6.34. The van der Waals surface area contributed by atoms with Gasteiger partial charge in [0, 0.05) is 19.0 Å². The third kappa shape index (κ3) is 4.20. The lowest BCUT2D eigenvalue weighted by molar-refractivity contribution is -0.121. The number of piperidine rings is 1. The fourth-order valence-corrected chi connectivity index (χ4v) is 2.14. The smallest absolute Gasteiger partial charge is 0.220 e. The summed E-state index contributed by atoms with van der Waals surface area (Å²) in [6.45, 7) is 2.05. The van der Waals surface area contributed by atoms with Crippen LogP contribution in [0.15, 0.2) is 0 Å². The highest BCUT2D eigenvalue weighted by atomic mass is 16.1. The molecular formula is C12H22N2O. The van der Waals surface area contributed by atoms with E-state index in [1.807, 2.05) is 0 Å². The van der Waals surface area contributed by atoms with Gasteiger partial charge in [-0.2, -0.15) is 0 Å². The van der Waals surface area contributed by atoms with Crippen LogP contribution in [0.5, 0.6) is 0 Å². The Kier molecular flexibility index (Phi) is 4.01. The lowest BCUT2D eigenvalue weighted by atomic mass is 10.0. The van der Waals surface area contributed by atoms with Crippen LogP contribution in [0.4, 0.5) is 0 Å². The van der Waals surface area contributed by atoms with Crippen LogP contribution in [0.1, 0.15) is 44.9 Å². The molecule has 86 valence electrons. The molecule has 3 nitrogen and oxygen atoms in total. The summed E-state index contributed by atoms with van der Waals surface area (Å²) in [7, 11) is 0. The largest absolute Gasteiger partial charge is 0.356 e. The number of carbonyl (C=O) groups excluding carboxylic acids is 1. The third-order valence-electron chi connectivity index (χ3n) is 3.42. The summed E-state index contributed by atoms with van der Waals surface area (Å²) in [6.07, 6.45) is 8.19. The predicted molar refractivity (Wildman–Crippen MR) is 60.6 cm³/mol. The molecule has 2 fully saturated rings. The SMILES string of the molecule is O=C(CCC1CCCCN1)NCC1CC1. The first-order chi connectivity index (χ1) is 7.34. The molecule has 2 aliphatic rings. The molecule has 1 saturated heterocycles. The minimum Gasteiger partial charge on any atom is -0.356 e. The number of hydrogen-bond acceptors (Lipinski definition) is 2.